The molecule has 1 aromatic carbocycles. The molecule has 2 heterocycles. The maximum Gasteiger partial charge on any atom is 0.325 e. The molecule has 1 aromatic rings. The summed E-state index contributed by atoms with van der Waals surface area (Å²) in [6.45, 7) is 5.54. The van der Waals surface area contributed by atoms with Gasteiger partial charge in [-0.2, -0.15) is 0 Å². The lowest BCUT2D eigenvalue weighted by Gasteiger charge is -2.22. The minimum absolute atomic E-state index is 0.000339. The van der Waals surface area contributed by atoms with Crippen molar-refractivity contribution < 1.29 is 23.9 Å². The summed E-state index contributed by atoms with van der Waals surface area (Å²) in [7, 11) is 0. The third kappa shape index (κ3) is 4.46. The van der Waals surface area contributed by atoms with Crippen molar-refractivity contribution in [1.82, 2.24) is 15.5 Å². The summed E-state index contributed by atoms with van der Waals surface area (Å²) in [4.78, 5) is 38.8. The van der Waals surface area contributed by atoms with Gasteiger partial charge in [-0.15, -0.1) is 0 Å². The smallest absolute Gasteiger partial charge is 0.325 e. The van der Waals surface area contributed by atoms with Gasteiger partial charge < -0.3 is 20.1 Å². The second-order valence-corrected chi connectivity index (χ2v) is 7.83. The zero-order chi connectivity index (χ0) is 21.0. The molecule has 0 radical (unpaired) electrons. The Bertz CT molecular complexity index is 797. The Balaban J connectivity index is 1.60. The number of rotatable bonds is 9. The van der Waals surface area contributed by atoms with Crippen LogP contribution in [-0.2, 0) is 15.1 Å². The third-order valence-corrected chi connectivity index (χ3v) is 5.42. The number of unbranched alkanes of at least 4 members (excludes halogenated alkanes) is 3. The molecule has 0 saturated carbocycles. The molecule has 0 aromatic heterocycles. The molecule has 8 nitrogen and oxygen atoms in total. The first-order chi connectivity index (χ1) is 13.8. The molecule has 8 heteroatoms. The van der Waals surface area contributed by atoms with Gasteiger partial charge in [0.2, 0.25) is 12.7 Å². The van der Waals surface area contributed by atoms with E-state index in [0.717, 1.165) is 30.6 Å². The van der Waals surface area contributed by atoms with E-state index in [9.17, 15) is 14.4 Å². The molecule has 2 atom stereocenters. The number of nitrogens with zero attached hydrogens (tertiary/aromatic N) is 1. The van der Waals surface area contributed by atoms with E-state index in [0.29, 0.717) is 17.1 Å². The van der Waals surface area contributed by atoms with Crippen LogP contribution in [0.25, 0.3) is 0 Å². The predicted octanol–water partition coefficient (Wildman–Crippen LogP) is 2.66. The van der Waals surface area contributed by atoms with Gasteiger partial charge in [-0.3, -0.25) is 14.5 Å². The van der Waals surface area contributed by atoms with Gasteiger partial charge in [0.05, 0.1) is 0 Å². The summed E-state index contributed by atoms with van der Waals surface area (Å²) in [5.74, 6) is 0.315. The van der Waals surface area contributed by atoms with E-state index in [1.165, 1.54) is 6.42 Å². The number of ether oxygens (including phenoxy) is 2. The molecular formula is C21H29N3O5. The lowest BCUT2D eigenvalue weighted by atomic mass is 9.91. The fourth-order valence-corrected chi connectivity index (χ4v) is 3.66. The fraction of sp³-hybridized carbons (Fsp3) is 0.571. The number of imide groups is 1. The summed E-state index contributed by atoms with van der Waals surface area (Å²) in [5, 5.41) is 5.58. The highest BCUT2D eigenvalue weighted by Gasteiger charge is 2.49. The van der Waals surface area contributed by atoms with Gasteiger partial charge in [-0.05, 0) is 38.0 Å². The van der Waals surface area contributed by atoms with Crippen molar-refractivity contribution in [2.24, 2.45) is 0 Å². The van der Waals surface area contributed by atoms with Gasteiger partial charge in [0.15, 0.2) is 11.5 Å². The first-order valence-electron chi connectivity index (χ1n) is 10.2. The van der Waals surface area contributed by atoms with Gasteiger partial charge in [-0.1, -0.05) is 38.7 Å². The van der Waals surface area contributed by atoms with E-state index in [2.05, 4.69) is 17.6 Å². The molecule has 3 rings (SSSR count). The molecule has 4 amide bonds. The van der Waals surface area contributed by atoms with Crippen molar-refractivity contribution in [3.05, 3.63) is 23.8 Å². The molecule has 0 bridgehead atoms. The van der Waals surface area contributed by atoms with Crippen LogP contribution in [-0.4, -0.2) is 42.1 Å². The number of fused-ring (bicyclic) bond motifs is 1. The summed E-state index contributed by atoms with van der Waals surface area (Å²) in [5.41, 5.74) is -0.684. The van der Waals surface area contributed by atoms with Crippen LogP contribution in [0.1, 0.15) is 58.4 Å². The van der Waals surface area contributed by atoms with Crippen molar-refractivity contribution in [2.75, 3.05) is 13.3 Å². The minimum Gasteiger partial charge on any atom is -0.454 e. The molecule has 1 saturated heterocycles. The molecule has 158 valence electrons. The summed E-state index contributed by atoms with van der Waals surface area (Å²) < 4.78 is 10.7. The zero-order valence-corrected chi connectivity index (χ0v) is 17.2. The summed E-state index contributed by atoms with van der Waals surface area (Å²) in [6, 6.07) is 4.52. The van der Waals surface area contributed by atoms with Gasteiger partial charge >= 0.3 is 6.03 Å². The Morgan fingerprint density at radius 2 is 2.00 bits per heavy atom. The van der Waals surface area contributed by atoms with Crippen molar-refractivity contribution >= 4 is 17.8 Å². The van der Waals surface area contributed by atoms with E-state index < -0.39 is 17.5 Å². The van der Waals surface area contributed by atoms with Crippen LogP contribution in [0.3, 0.4) is 0 Å². The van der Waals surface area contributed by atoms with Crippen LogP contribution >= 0.6 is 0 Å². The summed E-state index contributed by atoms with van der Waals surface area (Å²) in [6.07, 6.45) is 5.40. The monoisotopic (exact) mass is 403 g/mol. The van der Waals surface area contributed by atoms with E-state index in [1.807, 2.05) is 6.92 Å². The zero-order valence-electron chi connectivity index (χ0n) is 17.2. The van der Waals surface area contributed by atoms with E-state index in [1.54, 1.807) is 25.1 Å². The van der Waals surface area contributed by atoms with Gasteiger partial charge in [0.1, 0.15) is 12.1 Å². The second kappa shape index (κ2) is 8.71. The average Bonchev–Trinajstić information content (AvgIpc) is 3.23. The molecule has 0 aliphatic carbocycles. The Morgan fingerprint density at radius 1 is 1.24 bits per heavy atom. The Hall–Kier alpha value is -2.77. The quantitative estimate of drug-likeness (QED) is 0.488. The first-order valence-corrected chi connectivity index (χ1v) is 10.2. The minimum atomic E-state index is -1.26. The van der Waals surface area contributed by atoms with Crippen LogP contribution in [0.5, 0.6) is 11.5 Å². The van der Waals surface area contributed by atoms with Crippen molar-refractivity contribution in [3.8, 4) is 11.5 Å². The molecule has 0 unspecified atom stereocenters. The van der Waals surface area contributed by atoms with Gasteiger partial charge in [-0.25, -0.2) is 4.79 Å². The van der Waals surface area contributed by atoms with Crippen LogP contribution in [0.2, 0.25) is 0 Å². The number of carbonyl (C=O) groups excluding carboxylic acids is 3. The third-order valence-electron chi connectivity index (χ3n) is 5.42. The lowest BCUT2D eigenvalue weighted by molar-refractivity contribution is -0.135. The largest absolute Gasteiger partial charge is 0.454 e. The number of urea groups is 1. The van der Waals surface area contributed by atoms with Crippen LogP contribution in [0, 0.1) is 0 Å². The second-order valence-electron chi connectivity index (χ2n) is 7.83. The molecule has 29 heavy (non-hydrogen) atoms. The predicted molar refractivity (Wildman–Crippen MR) is 107 cm³/mol. The molecule has 0 spiro atoms. The number of nitrogens with one attached hydrogen (secondary N) is 2. The van der Waals surface area contributed by atoms with Gasteiger partial charge in [0.25, 0.3) is 5.91 Å². The normalized spacial score (nSPS) is 21.3. The highest BCUT2D eigenvalue weighted by Crippen LogP contribution is 2.37. The topological polar surface area (TPSA) is 97.0 Å². The number of hydrogen-bond donors (Lipinski definition) is 2. The van der Waals surface area contributed by atoms with Crippen molar-refractivity contribution in [2.45, 2.75) is 64.5 Å². The SMILES string of the molecule is CCCCCC[C@@H](C)NC(=O)CN1C(=O)N[C@@](C)(c2ccc3c(c2)OCO3)C1=O. The molecule has 2 aliphatic rings. The maximum atomic E-state index is 13.0. The van der Waals surface area contributed by atoms with Crippen LogP contribution in [0.15, 0.2) is 18.2 Å². The standard InChI is InChI=1S/C21H29N3O5/c1-4-5-6-7-8-14(2)22-18(25)12-24-19(26)21(3,23-20(24)27)15-9-10-16-17(11-15)29-13-28-16/h9-11,14H,4-8,12-13H2,1-3H3,(H,22,25)(H,23,27)/t14-,21+/m1/s1. The number of benzene rings is 1. The highest BCUT2D eigenvalue weighted by atomic mass is 16.7. The van der Waals surface area contributed by atoms with Crippen molar-refractivity contribution in [3.63, 3.8) is 0 Å². The Kier molecular flexibility index (Phi) is 6.30. The molecular weight excluding hydrogens is 374 g/mol. The van der Waals surface area contributed by atoms with E-state index >= 15 is 0 Å². The summed E-state index contributed by atoms with van der Waals surface area (Å²) >= 11 is 0. The highest BCUT2D eigenvalue weighted by molar-refractivity contribution is 6.09. The van der Waals surface area contributed by atoms with Crippen LogP contribution < -0.4 is 20.1 Å². The van der Waals surface area contributed by atoms with Crippen molar-refractivity contribution in [1.29, 1.82) is 0 Å². The molecule has 2 aliphatic heterocycles. The van der Waals surface area contributed by atoms with Crippen LogP contribution in [0.4, 0.5) is 4.79 Å². The lowest BCUT2D eigenvalue weighted by Crippen LogP contribution is -2.45. The number of carbonyl (C=O) groups is 3. The fourth-order valence-electron chi connectivity index (χ4n) is 3.66. The number of amides is 4. The van der Waals surface area contributed by atoms with E-state index in [-0.39, 0.29) is 25.3 Å². The van der Waals surface area contributed by atoms with Gasteiger partial charge in [0, 0.05) is 6.04 Å². The molecule has 2 N–H and O–H groups in total. The Labute approximate surface area is 170 Å². The van der Waals surface area contributed by atoms with E-state index in [4.69, 9.17) is 9.47 Å². The average molecular weight is 403 g/mol. The maximum absolute atomic E-state index is 13.0. The first kappa shape index (κ1) is 21.0. The Morgan fingerprint density at radius 3 is 2.76 bits per heavy atom. The molecule has 1 fully saturated rings. The number of hydrogen-bond acceptors (Lipinski definition) is 5.